The highest BCUT2D eigenvalue weighted by Crippen LogP contribution is 2.34. The molecule has 0 spiro atoms. The molecule has 0 saturated heterocycles. The van der Waals surface area contributed by atoms with Crippen LogP contribution in [0.4, 0.5) is 10.5 Å². The van der Waals surface area contributed by atoms with Crippen molar-refractivity contribution in [3.8, 4) is 0 Å². The van der Waals surface area contributed by atoms with E-state index < -0.39 is 0 Å². The molecule has 4 nitrogen and oxygen atoms in total. The number of anilines is 1. The lowest BCUT2D eigenvalue weighted by molar-refractivity contribution is 0.250. The number of carbonyl (C=O) groups is 1. The lowest BCUT2D eigenvalue weighted by atomic mass is 10.1. The second-order valence-corrected chi connectivity index (χ2v) is 4.77. The molecule has 0 saturated carbocycles. The van der Waals surface area contributed by atoms with Crippen LogP contribution in [0.3, 0.4) is 0 Å². The van der Waals surface area contributed by atoms with Crippen molar-refractivity contribution in [1.82, 2.24) is 5.32 Å². The van der Waals surface area contributed by atoms with Gasteiger partial charge in [-0.2, -0.15) is 0 Å². The van der Waals surface area contributed by atoms with E-state index in [1.54, 1.807) is 0 Å². The number of benzene rings is 1. The maximum absolute atomic E-state index is 11.7. The third-order valence-electron chi connectivity index (χ3n) is 2.99. The Morgan fingerprint density at radius 2 is 2.24 bits per heavy atom. The minimum absolute atomic E-state index is 0.111. The summed E-state index contributed by atoms with van der Waals surface area (Å²) in [6.45, 7) is 3.87. The lowest BCUT2D eigenvalue weighted by Gasteiger charge is -2.13. The second-order valence-electron chi connectivity index (χ2n) is 4.77. The molecular formula is C13H19N3O. The smallest absolute Gasteiger partial charge is 0.319 e. The second kappa shape index (κ2) is 4.75. The summed E-state index contributed by atoms with van der Waals surface area (Å²) < 4.78 is 0. The van der Waals surface area contributed by atoms with E-state index in [2.05, 4.69) is 10.6 Å². The molecule has 17 heavy (non-hydrogen) atoms. The van der Waals surface area contributed by atoms with Crippen molar-refractivity contribution in [3.05, 3.63) is 29.3 Å². The van der Waals surface area contributed by atoms with Crippen LogP contribution in [0, 0.1) is 0 Å². The van der Waals surface area contributed by atoms with Gasteiger partial charge in [-0.1, -0.05) is 12.1 Å². The average Bonchev–Trinajstić information content (AvgIpc) is 2.61. The average molecular weight is 233 g/mol. The molecule has 0 fully saturated rings. The van der Waals surface area contributed by atoms with Gasteiger partial charge in [0.1, 0.15) is 0 Å². The molecule has 1 aromatic rings. The summed E-state index contributed by atoms with van der Waals surface area (Å²) >= 11 is 0. The Morgan fingerprint density at radius 1 is 1.47 bits per heavy atom. The maximum Gasteiger partial charge on any atom is 0.319 e. The summed E-state index contributed by atoms with van der Waals surface area (Å²) in [6.07, 6.45) is 1.90. The van der Waals surface area contributed by atoms with E-state index in [9.17, 15) is 4.79 Å². The number of amides is 2. The molecule has 1 aromatic carbocycles. The lowest BCUT2D eigenvalue weighted by Crippen LogP contribution is -2.34. The van der Waals surface area contributed by atoms with Crippen molar-refractivity contribution in [2.24, 2.45) is 5.73 Å². The van der Waals surface area contributed by atoms with E-state index in [0.29, 0.717) is 0 Å². The normalized spacial score (nSPS) is 18.0. The Morgan fingerprint density at radius 3 is 2.94 bits per heavy atom. The fourth-order valence-electron chi connectivity index (χ4n) is 2.22. The van der Waals surface area contributed by atoms with Crippen LogP contribution in [0.2, 0.25) is 0 Å². The number of rotatable bonds is 2. The summed E-state index contributed by atoms with van der Waals surface area (Å²) in [5.41, 5.74) is 9.22. The summed E-state index contributed by atoms with van der Waals surface area (Å²) in [6, 6.07) is 5.99. The first-order chi connectivity index (χ1) is 8.08. The zero-order valence-electron chi connectivity index (χ0n) is 10.3. The third kappa shape index (κ3) is 2.58. The monoisotopic (exact) mass is 233 g/mol. The van der Waals surface area contributed by atoms with Crippen molar-refractivity contribution in [3.63, 3.8) is 0 Å². The topological polar surface area (TPSA) is 67.2 Å². The van der Waals surface area contributed by atoms with Crippen molar-refractivity contribution < 1.29 is 4.79 Å². The Labute approximate surface area is 102 Å². The van der Waals surface area contributed by atoms with Gasteiger partial charge >= 0.3 is 6.03 Å². The number of nitrogens with two attached hydrogens (primary N) is 1. The zero-order valence-corrected chi connectivity index (χ0v) is 10.3. The van der Waals surface area contributed by atoms with Crippen LogP contribution in [0.15, 0.2) is 18.2 Å². The van der Waals surface area contributed by atoms with E-state index >= 15 is 0 Å². The zero-order chi connectivity index (χ0) is 12.4. The van der Waals surface area contributed by atoms with Gasteiger partial charge < -0.3 is 16.4 Å². The third-order valence-corrected chi connectivity index (χ3v) is 2.99. The van der Waals surface area contributed by atoms with Crippen LogP contribution in [0.5, 0.6) is 0 Å². The van der Waals surface area contributed by atoms with Gasteiger partial charge in [-0.15, -0.1) is 0 Å². The highest BCUT2D eigenvalue weighted by atomic mass is 16.2. The molecule has 2 amide bonds. The van der Waals surface area contributed by atoms with Gasteiger partial charge in [-0.3, -0.25) is 0 Å². The molecule has 1 atom stereocenters. The Hall–Kier alpha value is -1.55. The number of fused-ring (bicyclic) bond motifs is 1. The number of nitrogens with one attached hydrogen (secondary N) is 2. The van der Waals surface area contributed by atoms with Crippen molar-refractivity contribution in [1.29, 1.82) is 0 Å². The van der Waals surface area contributed by atoms with Gasteiger partial charge in [0.2, 0.25) is 0 Å². The molecular weight excluding hydrogens is 214 g/mol. The molecule has 0 aromatic heterocycles. The van der Waals surface area contributed by atoms with Crippen LogP contribution >= 0.6 is 0 Å². The Balaban J connectivity index is 2.15. The molecule has 2 rings (SSSR count). The van der Waals surface area contributed by atoms with Crippen molar-refractivity contribution >= 4 is 11.7 Å². The van der Waals surface area contributed by atoms with E-state index in [4.69, 9.17) is 5.73 Å². The van der Waals surface area contributed by atoms with Gasteiger partial charge in [-0.05, 0) is 43.9 Å². The number of hydrogen-bond donors (Lipinski definition) is 3. The summed E-state index contributed by atoms with van der Waals surface area (Å²) in [4.78, 5) is 11.7. The van der Waals surface area contributed by atoms with E-state index in [1.165, 1.54) is 5.56 Å². The first-order valence-corrected chi connectivity index (χ1v) is 6.03. The Bertz CT molecular complexity index is 429. The van der Waals surface area contributed by atoms with E-state index in [1.807, 2.05) is 32.0 Å². The standard InChI is InChI=1S/C13H19N3O/c1-8(2)15-13(17)16-12-5-3-4-9-10(12)6-7-11(9)14/h3-5,8,11H,6-7,14H2,1-2H3,(H2,15,16,17). The molecule has 4 N–H and O–H groups in total. The number of carbonyl (C=O) groups excluding carboxylic acids is 1. The van der Waals surface area contributed by atoms with Crippen molar-refractivity contribution in [2.45, 2.75) is 38.8 Å². The van der Waals surface area contributed by atoms with E-state index in [-0.39, 0.29) is 18.1 Å². The largest absolute Gasteiger partial charge is 0.336 e. The van der Waals surface area contributed by atoms with Gasteiger partial charge in [0.05, 0.1) is 0 Å². The van der Waals surface area contributed by atoms with Crippen LogP contribution in [-0.2, 0) is 6.42 Å². The van der Waals surface area contributed by atoms with Crippen LogP contribution in [0.25, 0.3) is 0 Å². The molecule has 0 radical (unpaired) electrons. The molecule has 1 aliphatic carbocycles. The summed E-state index contributed by atoms with van der Waals surface area (Å²) in [7, 11) is 0. The quantitative estimate of drug-likeness (QED) is 0.732. The predicted molar refractivity (Wildman–Crippen MR) is 69.0 cm³/mol. The molecule has 0 bridgehead atoms. The number of hydrogen-bond acceptors (Lipinski definition) is 2. The Kier molecular flexibility index (Phi) is 3.33. The highest BCUT2D eigenvalue weighted by molar-refractivity contribution is 5.90. The highest BCUT2D eigenvalue weighted by Gasteiger charge is 2.21. The first kappa shape index (κ1) is 11.9. The van der Waals surface area contributed by atoms with Gasteiger partial charge in [0.25, 0.3) is 0 Å². The van der Waals surface area contributed by atoms with Crippen LogP contribution in [-0.4, -0.2) is 12.1 Å². The van der Waals surface area contributed by atoms with Crippen molar-refractivity contribution in [2.75, 3.05) is 5.32 Å². The van der Waals surface area contributed by atoms with Gasteiger partial charge in [0.15, 0.2) is 0 Å². The first-order valence-electron chi connectivity index (χ1n) is 6.03. The fraction of sp³-hybridized carbons (Fsp3) is 0.462. The fourth-order valence-corrected chi connectivity index (χ4v) is 2.22. The van der Waals surface area contributed by atoms with Crippen LogP contribution < -0.4 is 16.4 Å². The number of urea groups is 1. The van der Waals surface area contributed by atoms with Gasteiger partial charge in [-0.25, -0.2) is 4.79 Å². The summed E-state index contributed by atoms with van der Waals surface area (Å²) in [5.74, 6) is 0. The van der Waals surface area contributed by atoms with Crippen LogP contribution in [0.1, 0.15) is 37.4 Å². The minimum atomic E-state index is -0.158. The SMILES string of the molecule is CC(C)NC(=O)Nc1cccc2c1CCC2N. The molecule has 92 valence electrons. The maximum atomic E-state index is 11.7. The molecule has 1 aliphatic rings. The minimum Gasteiger partial charge on any atom is -0.336 e. The molecule has 0 aliphatic heterocycles. The molecule has 1 unspecified atom stereocenters. The van der Waals surface area contributed by atoms with E-state index in [0.717, 1.165) is 24.1 Å². The predicted octanol–water partition coefficient (Wildman–Crippen LogP) is 2.16. The molecule has 0 heterocycles. The molecule has 4 heteroatoms. The van der Waals surface area contributed by atoms with Gasteiger partial charge in [0, 0.05) is 17.8 Å². The summed E-state index contributed by atoms with van der Waals surface area (Å²) in [5, 5.41) is 5.70.